The Morgan fingerprint density at radius 2 is 1.35 bits per heavy atom. The molecule has 2 fully saturated rings. The summed E-state index contributed by atoms with van der Waals surface area (Å²) >= 11 is 3.03. The lowest BCUT2D eigenvalue weighted by Crippen LogP contribution is -2.56. The molecular formula is C20H34N6O6S2. The third-order valence-electron chi connectivity index (χ3n) is 5.91. The van der Waals surface area contributed by atoms with Gasteiger partial charge in [-0.15, -0.1) is 0 Å². The van der Waals surface area contributed by atoms with E-state index in [1.165, 1.54) is 11.8 Å². The van der Waals surface area contributed by atoms with E-state index >= 15 is 0 Å². The van der Waals surface area contributed by atoms with Gasteiger partial charge >= 0.3 is 0 Å². The first kappa shape index (κ1) is 27.7. The monoisotopic (exact) mass is 518 g/mol. The number of ether oxygens (including phenoxy) is 2. The number of hydrogen-bond donors (Lipinski definition) is 5. The average molecular weight is 519 g/mol. The first-order valence-electron chi connectivity index (χ1n) is 11.5. The summed E-state index contributed by atoms with van der Waals surface area (Å²) in [4.78, 5) is 11.4. The average Bonchev–Trinajstić information content (AvgIpc) is 3.42. The van der Waals surface area contributed by atoms with Gasteiger partial charge in [0.1, 0.15) is 47.4 Å². The van der Waals surface area contributed by atoms with Crippen LogP contribution in [0.3, 0.4) is 0 Å². The molecule has 0 aliphatic carbocycles. The van der Waals surface area contributed by atoms with E-state index in [0.29, 0.717) is 0 Å². The van der Waals surface area contributed by atoms with Crippen molar-refractivity contribution in [1.82, 2.24) is 0 Å². The van der Waals surface area contributed by atoms with Gasteiger partial charge in [0.05, 0.1) is 28.8 Å². The molecule has 0 radical (unpaired) electrons. The SMILES string of the molecule is CCCC1=N[C@@H]2[C@@H](O)[C@H](O)[C@@H](CN)O[C@@H]2S1.CCCC1=N[C@@H]2[C@@H](O)[C@H](O)[C@@H](CN=[N+]=[N-])O[C@@H]2S1. The Labute approximate surface area is 207 Å². The van der Waals surface area contributed by atoms with Gasteiger partial charge in [0.25, 0.3) is 0 Å². The van der Waals surface area contributed by atoms with Gasteiger partial charge in [-0.1, -0.05) is 55.3 Å². The first-order chi connectivity index (χ1) is 16.3. The molecule has 10 atom stereocenters. The van der Waals surface area contributed by atoms with E-state index < -0.39 is 42.7 Å². The maximum atomic E-state index is 10.0. The van der Waals surface area contributed by atoms with E-state index in [4.69, 9.17) is 20.7 Å². The molecule has 192 valence electrons. The smallest absolute Gasteiger partial charge is 0.134 e. The van der Waals surface area contributed by atoms with Crippen molar-refractivity contribution in [3.63, 3.8) is 0 Å². The molecule has 14 heteroatoms. The van der Waals surface area contributed by atoms with Gasteiger partial charge in [-0.25, -0.2) is 0 Å². The van der Waals surface area contributed by atoms with Gasteiger partial charge in [0.15, 0.2) is 0 Å². The molecule has 0 aromatic rings. The summed E-state index contributed by atoms with van der Waals surface area (Å²) in [7, 11) is 0. The van der Waals surface area contributed by atoms with Crippen LogP contribution < -0.4 is 5.73 Å². The lowest BCUT2D eigenvalue weighted by Gasteiger charge is -2.37. The van der Waals surface area contributed by atoms with Crippen LogP contribution in [0.2, 0.25) is 0 Å². The van der Waals surface area contributed by atoms with E-state index in [-0.39, 0.29) is 30.0 Å². The molecule has 12 nitrogen and oxygen atoms in total. The Balaban J connectivity index is 0.000000192. The van der Waals surface area contributed by atoms with E-state index in [9.17, 15) is 20.4 Å². The van der Waals surface area contributed by atoms with Crippen LogP contribution in [0.5, 0.6) is 0 Å². The van der Waals surface area contributed by atoms with Crippen LogP contribution in [-0.2, 0) is 9.47 Å². The van der Waals surface area contributed by atoms with Crippen molar-refractivity contribution in [2.24, 2.45) is 20.8 Å². The fourth-order valence-electron chi connectivity index (χ4n) is 4.10. The highest BCUT2D eigenvalue weighted by molar-refractivity contribution is 8.14. The molecule has 0 saturated carbocycles. The van der Waals surface area contributed by atoms with Gasteiger partial charge in [-0.05, 0) is 18.4 Å². The fourth-order valence-corrected chi connectivity index (χ4v) is 6.77. The molecule has 0 unspecified atom stereocenters. The normalized spacial score (nSPS) is 40.8. The molecule has 0 aromatic heterocycles. The van der Waals surface area contributed by atoms with Crippen LogP contribution in [-0.4, -0.2) is 103 Å². The molecule has 0 bridgehead atoms. The number of aliphatic hydroxyl groups is 4. The Morgan fingerprint density at radius 3 is 1.79 bits per heavy atom. The molecule has 4 heterocycles. The van der Waals surface area contributed by atoms with Gasteiger partial charge in [0.2, 0.25) is 0 Å². The number of nitrogens with two attached hydrogens (primary N) is 1. The quantitative estimate of drug-likeness (QED) is 0.183. The van der Waals surface area contributed by atoms with Crippen molar-refractivity contribution in [2.75, 3.05) is 13.1 Å². The maximum absolute atomic E-state index is 10.0. The maximum Gasteiger partial charge on any atom is 0.134 e. The third-order valence-corrected chi connectivity index (χ3v) is 8.32. The predicted molar refractivity (Wildman–Crippen MR) is 132 cm³/mol. The Morgan fingerprint density at radius 1 is 0.882 bits per heavy atom. The highest BCUT2D eigenvalue weighted by Crippen LogP contribution is 2.38. The van der Waals surface area contributed by atoms with Crippen LogP contribution in [0.25, 0.3) is 10.4 Å². The number of nitrogens with zero attached hydrogens (tertiary/aromatic N) is 5. The van der Waals surface area contributed by atoms with E-state index in [1.54, 1.807) is 11.8 Å². The van der Waals surface area contributed by atoms with E-state index in [1.807, 2.05) is 0 Å². The lowest BCUT2D eigenvalue weighted by atomic mass is 9.98. The predicted octanol–water partition coefficient (Wildman–Crippen LogP) is 0.763. The van der Waals surface area contributed by atoms with Gasteiger partial charge in [0, 0.05) is 11.5 Å². The summed E-state index contributed by atoms with van der Waals surface area (Å²) in [6.07, 6.45) is -1.24. The Hall–Kier alpha value is -0.930. The summed E-state index contributed by atoms with van der Waals surface area (Å²) in [5, 5.41) is 44.9. The Kier molecular flexibility index (Phi) is 10.5. The van der Waals surface area contributed by atoms with Gasteiger partial charge in [-0.2, -0.15) is 0 Å². The van der Waals surface area contributed by atoms with Crippen LogP contribution >= 0.6 is 23.5 Å². The van der Waals surface area contributed by atoms with Gasteiger partial charge < -0.3 is 35.6 Å². The minimum Gasteiger partial charge on any atom is -0.388 e. The minimum absolute atomic E-state index is 0.0155. The fraction of sp³-hybridized carbons (Fsp3) is 0.900. The molecule has 34 heavy (non-hydrogen) atoms. The van der Waals surface area contributed by atoms with E-state index in [0.717, 1.165) is 35.8 Å². The number of rotatable bonds is 7. The molecule has 4 aliphatic heterocycles. The number of hydrogen-bond acceptors (Lipinski definition) is 12. The van der Waals surface area contributed by atoms with Crippen LogP contribution in [0.1, 0.15) is 39.5 Å². The largest absolute Gasteiger partial charge is 0.388 e. The van der Waals surface area contributed by atoms with Crippen molar-refractivity contribution in [3.8, 4) is 0 Å². The van der Waals surface area contributed by atoms with E-state index in [2.05, 4.69) is 33.9 Å². The summed E-state index contributed by atoms with van der Waals surface area (Å²) < 4.78 is 11.3. The van der Waals surface area contributed by atoms with Crippen LogP contribution in [0.4, 0.5) is 0 Å². The number of aliphatic hydroxyl groups excluding tert-OH is 4. The van der Waals surface area contributed by atoms with Crippen molar-refractivity contribution < 1.29 is 29.9 Å². The second-order valence-corrected chi connectivity index (χ2v) is 10.8. The molecule has 2 saturated heterocycles. The number of azide groups is 1. The molecule has 6 N–H and O–H groups in total. The van der Waals surface area contributed by atoms with Gasteiger partial charge in [-0.3, -0.25) is 9.98 Å². The standard InChI is InChI=1S/C10H16N4O3S.C10H18N2O3S/c1-2-3-6-13-7-9(16)8(15)5(4-12-14-11)17-10(7)18-6;1-2-3-6-12-7-9(14)8(13)5(4-11)15-10(7)16-6/h5,7-10,15-16H,2-4H2,1H3;5,7-10,13-14H,2-4,11H2,1H3/t2*5-,7-,8-,9-,10-/m11/s1. The molecule has 0 spiro atoms. The summed E-state index contributed by atoms with van der Waals surface area (Å²) in [6.45, 7) is 4.37. The zero-order valence-electron chi connectivity index (χ0n) is 19.3. The molecule has 0 amide bonds. The zero-order valence-corrected chi connectivity index (χ0v) is 20.9. The Bertz CT molecular complexity index is 800. The number of thioether (sulfide) groups is 2. The van der Waals surface area contributed by atoms with Crippen LogP contribution in [0, 0.1) is 0 Å². The molecule has 0 aromatic carbocycles. The molecule has 4 rings (SSSR count). The number of fused-ring (bicyclic) bond motifs is 2. The highest BCUT2D eigenvalue weighted by Gasteiger charge is 2.48. The molecule has 4 aliphatic rings. The number of aliphatic imine (C=N–C) groups is 2. The van der Waals surface area contributed by atoms with Crippen molar-refractivity contribution in [1.29, 1.82) is 0 Å². The summed E-state index contributed by atoms with van der Waals surface area (Å²) in [5.74, 6) is 0. The third kappa shape index (κ3) is 6.25. The minimum atomic E-state index is -1.07. The van der Waals surface area contributed by atoms with Crippen molar-refractivity contribution >= 4 is 33.6 Å². The second-order valence-electron chi connectivity index (χ2n) is 8.46. The summed E-state index contributed by atoms with van der Waals surface area (Å²) in [5.41, 5.74) is 13.3. The second kappa shape index (κ2) is 12.9. The van der Waals surface area contributed by atoms with Crippen molar-refractivity contribution in [2.45, 2.75) is 99.1 Å². The topological polar surface area (TPSA) is 199 Å². The van der Waals surface area contributed by atoms with Crippen molar-refractivity contribution in [3.05, 3.63) is 10.4 Å². The first-order valence-corrected chi connectivity index (χ1v) is 13.3. The zero-order chi connectivity index (χ0) is 24.8. The highest BCUT2D eigenvalue weighted by atomic mass is 32.2. The van der Waals surface area contributed by atoms with Crippen LogP contribution in [0.15, 0.2) is 15.1 Å². The lowest BCUT2D eigenvalue weighted by molar-refractivity contribution is -0.148. The summed E-state index contributed by atoms with van der Waals surface area (Å²) in [6, 6.07) is -0.766. The molecular weight excluding hydrogens is 484 g/mol.